The first-order chi connectivity index (χ1) is 12.8. The Morgan fingerprint density at radius 2 is 1.65 bits per heavy atom. The van der Waals surface area contributed by atoms with Crippen LogP contribution in [0.25, 0.3) is 0 Å². The summed E-state index contributed by atoms with van der Waals surface area (Å²) in [6, 6.07) is 19.5. The molecule has 0 unspecified atom stereocenters. The van der Waals surface area contributed by atoms with Crippen molar-refractivity contribution >= 4 is 0 Å². The molecule has 2 aromatic carbocycles. The SMILES string of the molecule is CN1CCc2ccccc2C12CCN(CCOCc1ccccc1)CC2. The minimum atomic E-state index is 0.246. The first-order valence-corrected chi connectivity index (χ1v) is 9.92. The first-order valence-electron chi connectivity index (χ1n) is 9.92. The maximum absolute atomic E-state index is 5.88. The van der Waals surface area contributed by atoms with E-state index >= 15 is 0 Å². The summed E-state index contributed by atoms with van der Waals surface area (Å²) in [7, 11) is 2.31. The van der Waals surface area contributed by atoms with Gasteiger partial charge in [-0.3, -0.25) is 4.90 Å². The Bertz CT molecular complexity index is 707. The molecule has 0 saturated carbocycles. The molecule has 1 fully saturated rings. The van der Waals surface area contributed by atoms with Crippen LogP contribution >= 0.6 is 0 Å². The van der Waals surface area contributed by atoms with Crippen molar-refractivity contribution in [1.29, 1.82) is 0 Å². The molecule has 2 aliphatic heterocycles. The van der Waals surface area contributed by atoms with E-state index in [0.29, 0.717) is 6.61 Å². The molecule has 26 heavy (non-hydrogen) atoms. The summed E-state index contributed by atoms with van der Waals surface area (Å²) in [4.78, 5) is 5.18. The highest BCUT2D eigenvalue weighted by atomic mass is 16.5. The third kappa shape index (κ3) is 3.57. The summed E-state index contributed by atoms with van der Waals surface area (Å²) in [6.45, 7) is 6.06. The number of hydrogen-bond acceptors (Lipinski definition) is 3. The van der Waals surface area contributed by atoms with Gasteiger partial charge in [-0.1, -0.05) is 54.6 Å². The molecule has 2 aromatic rings. The number of likely N-dealkylation sites (N-methyl/N-ethyl adjacent to an activating group) is 1. The van der Waals surface area contributed by atoms with Crippen LogP contribution in [-0.2, 0) is 23.3 Å². The van der Waals surface area contributed by atoms with E-state index in [1.807, 2.05) is 6.07 Å². The van der Waals surface area contributed by atoms with Gasteiger partial charge in [-0.05, 0) is 43.0 Å². The Balaban J connectivity index is 1.30. The fourth-order valence-corrected chi connectivity index (χ4v) is 4.66. The zero-order chi connectivity index (χ0) is 17.8. The van der Waals surface area contributed by atoms with E-state index < -0.39 is 0 Å². The zero-order valence-corrected chi connectivity index (χ0v) is 15.9. The van der Waals surface area contributed by atoms with Gasteiger partial charge in [0.2, 0.25) is 0 Å². The normalized spacial score (nSPS) is 20.2. The smallest absolute Gasteiger partial charge is 0.0717 e. The second-order valence-electron chi connectivity index (χ2n) is 7.74. The van der Waals surface area contributed by atoms with Crippen molar-refractivity contribution in [3.8, 4) is 0 Å². The van der Waals surface area contributed by atoms with Crippen molar-refractivity contribution in [2.45, 2.75) is 31.4 Å². The Kier molecular flexibility index (Phi) is 5.39. The van der Waals surface area contributed by atoms with E-state index in [-0.39, 0.29) is 5.54 Å². The highest BCUT2D eigenvalue weighted by molar-refractivity contribution is 5.37. The molecular formula is C23H30N2O. The fraction of sp³-hybridized carbons (Fsp3) is 0.478. The summed E-state index contributed by atoms with van der Waals surface area (Å²) in [5, 5.41) is 0. The van der Waals surface area contributed by atoms with Crippen LogP contribution in [0.5, 0.6) is 0 Å². The molecule has 2 aliphatic rings. The van der Waals surface area contributed by atoms with Gasteiger partial charge in [-0.15, -0.1) is 0 Å². The average Bonchev–Trinajstić information content (AvgIpc) is 2.70. The van der Waals surface area contributed by atoms with E-state index in [4.69, 9.17) is 4.74 Å². The second-order valence-corrected chi connectivity index (χ2v) is 7.74. The molecule has 0 radical (unpaired) electrons. The van der Waals surface area contributed by atoms with Crippen LogP contribution in [0.1, 0.15) is 29.5 Å². The number of rotatable bonds is 5. The van der Waals surface area contributed by atoms with Crippen molar-refractivity contribution in [3.05, 3.63) is 71.3 Å². The number of piperidine rings is 1. The molecular weight excluding hydrogens is 320 g/mol. The Morgan fingerprint density at radius 1 is 0.923 bits per heavy atom. The quantitative estimate of drug-likeness (QED) is 0.765. The van der Waals surface area contributed by atoms with Crippen LogP contribution in [0.4, 0.5) is 0 Å². The molecule has 1 saturated heterocycles. The number of likely N-dealkylation sites (tertiary alicyclic amines) is 1. The number of hydrogen-bond donors (Lipinski definition) is 0. The summed E-state index contributed by atoms with van der Waals surface area (Å²) in [5.74, 6) is 0. The topological polar surface area (TPSA) is 15.7 Å². The molecule has 0 bridgehead atoms. The van der Waals surface area contributed by atoms with Gasteiger partial charge in [0, 0.05) is 31.7 Å². The zero-order valence-electron chi connectivity index (χ0n) is 15.9. The highest BCUT2D eigenvalue weighted by Crippen LogP contribution is 2.42. The molecule has 3 nitrogen and oxygen atoms in total. The summed E-state index contributed by atoms with van der Waals surface area (Å²) in [5.41, 5.74) is 4.64. The second kappa shape index (κ2) is 7.91. The molecule has 138 valence electrons. The van der Waals surface area contributed by atoms with E-state index in [2.05, 4.69) is 65.4 Å². The molecule has 0 aromatic heterocycles. The summed E-state index contributed by atoms with van der Waals surface area (Å²) >= 11 is 0. The Morgan fingerprint density at radius 3 is 2.46 bits per heavy atom. The lowest BCUT2D eigenvalue weighted by Gasteiger charge is -2.51. The monoisotopic (exact) mass is 350 g/mol. The molecule has 2 heterocycles. The van der Waals surface area contributed by atoms with Gasteiger partial charge in [0.15, 0.2) is 0 Å². The van der Waals surface area contributed by atoms with E-state index in [1.165, 1.54) is 31.4 Å². The summed E-state index contributed by atoms with van der Waals surface area (Å²) in [6.07, 6.45) is 3.63. The Labute approximate surface area is 157 Å². The minimum Gasteiger partial charge on any atom is -0.375 e. The van der Waals surface area contributed by atoms with Gasteiger partial charge in [-0.25, -0.2) is 0 Å². The van der Waals surface area contributed by atoms with Crippen LogP contribution < -0.4 is 0 Å². The number of benzene rings is 2. The van der Waals surface area contributed by atoms with Crippen LogP contribution in [-0.4, -0.2) is 49.6 Å². The molecule has 0 aliphatic carbocycles. The first kappa shape index (κ1) is 17.7. The van der Waals surface area contributed by atoms with Crippen molar-refractivity contribution in [1.82, 2.24) is 9.80 Å². The molecule has 0 N–H and O–H groups in total. The van der Waals surface area contributed by atoms with Crippen molar-refractivity contribution in [2.75, 3.05) is 39.8 Å². The van der Waals surface area contributed by atoms with Gasteiger partial charge < -0.3 is 9.64 Å². The van der Waals surface area contributed by atoms with Crippen molar-refractivity contribution in [3.63, 3.8) is 0 Å². The fourth-order valence-electron chi connectivity index (χ4n) is 4.66. The third-order valence-corrected chi connectivity index (χ3v) is 6.31. The number of nitrogens with zero attached hydrogens (tertiary/aromatic N) is 2. The van der Waals surface area contributed by atoms with E-state index in [1.54, 1.807) is 11.1 Å². The standard InChI is InChI=1S/C23H30N2O/c1-24-14-11-21-9-5-6-10-22(21)23(24)12-15-25(16-13-23)17-18-26-19-20-7-3-2-4-8-20/h2-10H,11-19H2,1H3. The third-order valence-electron chi connectivity index (χ3n) is 6.31. The van der Waals surface area contributed by atoms with Crippen LogP contribution in [0.3, 0.4) is 0 Å². The highest BCUT2D eigenvalue weighted by Gasteiger charge is 2.42. The summed E-state index contributed by atoms with van der Waals surface area (Å²) < 4.78 is 5.88. The lowest BCUT2D eigenvalue weighted by atomic mass is 9.74. The lowest BCUT2D eigenvalue weighted by molar-refractivity contribution is 0.0147. The number of ether oxygens (including phenoxy) is 1. The molecule has 3 heteroatoms. The average molecular weight is 351 g/mol. The van der Waals surface area contributed by atoms with Gasteiger partial charge in [-0.2, -0.15) is 0 Å². The Hall–Kier alpha value is -1.68. The van der Waals surface area contributed by atoms with E-state index in [9.17, 15) is 0 Å². The van der Waals surface area contributed by atoms with Gasteiger partial charge in [0.05, 0.1) is 13.2 Å². The molecule has 0 amide bonds. The largest absolute Gasteiger partial charge is 0.375 e. The number of fused-ring (bicyclic) bond motifs is 2. The van der Waals surface area contributed by atoms with Crippen LogP contribution in [0.2, 0.25) is 0 Å². The maximum Gasteiger partial charge on any atom is 0.0717 e. The molecule has 0 atom stereocenters. The molecule has 1 spiro atoms. The minimum absolute atomic E-state index is 0.246. The lowest BCUT2D eigenvalue weighted by Crippen LogP contribution is -2.55. The maximum atomic E-state index is 5.88. The van der Waals surface area contributed by atoms with Gasteiger partial charge in [0.1, 0.15) is 0 Å². The van der Waals surface area contributed by atoms with Crippen molar-refractivity contribution in [2.24, 2.45) is 0 Å². The van der Waals surface area contributed by atoms with Crippen LogP contribution in [0, 0.1) is 0 Å². The predicted molar refractivity (Wildman–Crippen MR) is 106 cm³/mol. The molecule has 4 rings (SSSR count). The van der Waals surface area contributed by atoms with Crippen molar-refractivity contribution < 1.29 is 4.74 Å². The van der Waals surface area contributed by atoms with Gasteiger partial charge in [0.25, 0.3) is 0 Å². The van der Waals surface area contributed by atoms with Gasteiger partial charge >= 0.3 is 0 Å². The predicted octanol–water partition coefficient (Wildman–Crippen LogP) is 3.68. The van der Waals surface area contributed by atoms with Crippen LogP contribution in [0.15, 0.2) is 54.6 Å². The van der Waals surface area contributed by atoms with E-state index in [0.717, 1.165) is 26.2 Å².